The number of fused-ring (bicyclic) bond motifs is 1. The van der Waals surface area contributed by atoms with Gasteiger partial charge in [-0.2, -0.15) is 0 Å². The zero-order valence-electron chi connectivity index (χ0n) is 14.0. The standard InChI is InChI=1S/C18H17N3O5/c1-11-8-12-4-2-3-5-15(12)20(11)17(22)10-26-18(23)13-6-7-14(19)16(9-13)21(24)25/h2-7,9,11H,8,10,19H2,1H3. The van der Waals surface area contributed by atoms with Crippen LogP contribution in [-0.4, -0.2) is 29.4 Å². The van der Waals surface area contributed by atoms with Gasteiger partial charge in [0.2, 0.25) is 0 Å². The Labute approximate surface area is 149 Å². The summed E-state index contributed by atoms with van der Waals surface area (Å²) in [6, 6.07) is 11.1. The number of anilines is 2. The van der Waals surface area contributed by atoms with Crippen molar-refractivity contribution in [1.82, 2.24) is 0 Å². The molecule has 26 heavy (non-hydrogen) atoms. The summed E-state index contributed by atoms with van der Waals surface area (Å²) in [5.74, 6) is -1.16. The quantitative estimate of drug-likeness (QED) is 0.389. The van der Waals surface area contributed by atoms with Crippen molar-refractivity contribution >= 4 is 28.9 Å². The lowest BCUT2D eigenvalue weighted by Crippen LogP contribution is -2.38. The summed E-state index contributed by atoms with van der Waals surface area (Å²) in [6.07, 6.45) is 0.736. The van der Waals surface area contributed by atoms with Gasteiger partial charge < -0.3 is 15.4 Å². The molecule has 0 aliphatic carbocycles. The number of hydrogen-bond acceptors (Lipinski definition) is 6. The van der Waals surface area contributed by atoms with Crippen LogP contribution in [-0.2, 0) is 16.0 Å². The van der Waals surface area contributed by atoms with Gasteiger partial charge in [0.25, 0.3) is 11.6 Å². The molecule has 1 aliphatic heterocycles. The van der Waals surface area contributed by atoms with Gasteiger partial charge in [-0.25, -0.2) is 4.79 Å². The molecule has 2 aromatic rings. The van der Waals surface area contributed by atoms with Gasteiger partial charge in [0.1, 0.15) is 5.69 Å². The third-order valence-corrected chi connectivity index (χ3v) is 4.27. The van der Waals surface area contributed by atoms with E-state index in [1.165, 1.54) is 12.1 Å². The number of nitrogens with two attached hydrogens (primary N) is 1. The van der Waals surface area contributed by atoms with Crippen molar-refractivity contribution in [3.63, 3.8) is 0 Å². The topological polar surface area (TPSA) is 116 Å². The number of nitrogen functional groups attached to an aromatic ring is 1. The molecule has 1 atom stereocenters. The maximum atomic E-state index is 12.5. The lowest BCUT2D eigenvalue weighted by molar-refractivity contribution is -0.383. The van der Waals surface area contributed by atoms with Gasteiger partial charge in [-0.15, -0.1) is 0 Å². The summed E-state index contributed by atoms with van der Waals surface area (Å²) in [5.41, 5.74) is 6.91. The monoisotopic (exact) mass is 355 g/mol. The molecule has 0 bridgehead atoms. The number of para-hydroxylation sites is 1. The van der Waals surface area contributed by atoms with Crippen molar-refractivity contribution < 1.29 is 19.2 Å². The second-order valence-electron chi connectivity index (χ2n) is 6.05. The fraction of sp³-hybridized carbons (Fsp3) is 0.222. The molecule has 0 spiro atoms. The van der Waals surface area contributed by atoms with Crippen molar-refractivity contribution in [2.45, 2.75) is 19.4 Å². The minimum absolute atomic E-state index is 0.0313. The highest BCUT2D eigenvalue weighted by atomic mass is 16.6. The minimum Gasteiger partial charge on any atom is -0.452 e. The Morgan fingerprint density at radius 3 is 2.77 bits per heavy atom. The highest BCUT2D eigenvalue weighted by molar-refractivity contribution is 5.99. The van der Waals surface area contributed by atoms with Crippen LogP contribution in [0, 0.1) is 10.1 Å². The highest BCUT2D eigenvalue weighted by Crippen LogP contribution is 2.31. The third-order valence-electron chi connectivity index (χ3n) is 4.27. The van der Waals surface area contributed by atoms with Crippen molar-refractivity contribution in [1.29, 1.82) is 0 Å². The van der Waals surface area contributed by atoms with Gasteiger partial charge in [0.15, 0.2) is 6.61 Å². The van der Waals surface area contributed by atoms with Crippen molar-refractivity contribution in [2.24, 2.45) is 0 Å². The van der Waals surface area contributed by atoms with Crippen molar-refractivity contribution in [3.8, 4) is 0 Å². The largest absolute Gasteiger partial charge is 0.452 e. The lowest BCUT2D eigenvalue weighted by atomic mass is 10.1. The number of benzene rings is 2. The Morgan fingerprint density at radius 1 is 1.31 bits per heavy atom. The fourth-order valence-electron chi connectivity index (χ4n) is 3.05. The Balaban J connectivity index is 1.69. The number of nitro benzene ring substituents is 1. The Morgan fingerprint density at radius 2 is 2.04 bits per heavy atom. The number of carbonyl (C=O) groups excluding carboxylic acids is 2. The van der Waals surface area contributed by atoms with Crippen molar-refractivity contribution in [2.75, 3.05) is 17.2 Å². The maximum Gasteiger partial charge on any atom is 0.338 e. The molecule has 2 N–H and O–H groups in total. The van der Waals surface area contributed by atoms with E-state index in [-0.39, 0.29) is 28.9 Å². The molecule has 0 saturated carbocycles. The zero-order chi connectivity index (χ0) is 18.8. The third kappa shape index (κ3) is 3.21. The summed E-state index contributed by atoms with van der Waals surface area (Å²) in [7, 11) is 0. The molecule has 3 rings (SSSR count). The Kier molecular flexibility index (Phi) is 4.57. The molecule has 1 amide bonds. The lowest BCUT2D eigenvalue weighted by Gasteiger charge is -2.22. The number of nitro groups is 1. The van der Waals surface area contributed by atoms with Crippen LogP contribution in [0.5, 0.6) is 0 Å². The van der Waals surface area contributed by atoms with E-state index in [9.17, 15) is 19.7 Å². The summed E-state index contributed by atoms with van der Waals surface area (Å²) < 4.78 is 5.05. The summed E-state index contributed by atoms with van der Waals surface area (Å²) in [4.78, 5) is 36.5. The van der Waals surface area contributed by atoms with E-state index < -0.39 is 17.5 Å². The molecule has 8 nitrogen and oxygen atoms in total. The molecule has 1 aliphatic rings. The first-order chi connectivity index (χ1) is 12.4. The van der Waals surface area contributed by atoms with E-state index in [4.69, 9.17) is 10.5 Å². The molecule has 0 aromatic heterocycles. The van der Waals surface area contributed by atoms with E-state index in [2.05, 4.69) is 0 Å². The molecule has 1 heterocycles. The van der Waals surface area contributed by atoms with E-state index in [0.29, 0.717) is 0 Å². The predicted octanol–water partition coefficient (Wildman–Crippen LogP) is 2.31. The molecule has 2 aromatic carbocycles. The van der Waals surface area contributed by atoms with Crippen LogP contribution < -0.4 is 10.6 Å². The number of ether oxygens (including phenoxy) is 1. The van der Waals surface area contributed by atoms with Gasteiger partial charge in [0, 0.05) is 17.8 Å². The number of rotatable bonds is 4. The highest BCUT2D eigenvalue weighted by Gasteiger charge is 2.31. The second kappa shape index (κ2) is 6.83. The van der Waals surface area contributed by atoms with E-state index in [1.807, 2.05) is 31.2 Å². The first kappa shape index (κ1) is 17.4. The molecule has 0 saturated heterocycles. The number of carbonyl (C=O) groups is 2. The molecular weight excluding hydrogens is 338 g/mol. The van der Waals surface area contributed by atoms with Crippen LogP contribution >= 0.6 is 0 Å². The zero-order valence-corrected chi connectivity index (χ0v) is 14.0. The molecule has 0 fully saturated rings. The Bertz CT molecular complexity index is 896. The molecular formula is C18H17N3O5. The van der Waals surface area contributed by atoms with E-state index in [1.54, 1.807) is 4.90 Å². The second-order valence-corrected chi connectivity index (χ2v) is 6.05. The van der Waals surface area contributed by atoms with E-state index in [0.717, 1.165) is 23.7 Å². The summed E-state index contributed by atoms with van der Waals surface area (Å²) in [5, 5.41) is 10.9. The van der Waals surface area contributed by atoms with Crippen LogP contribution in [0.15, 0.2) is 42.5 Å². The van der Waals surface area contributed by atoms with Gasteiger partial charge in [0.05, 0.1) is 10.5 Å². The molecule has 1 unspecified atom stereocenters. The number of amides is 1. The Hall–Kier alpha value is -3.42. The minimum atomic E-state index is -0.818. The van der Waals surface area contributed by atoms with Gasteiger partial charge in [-0.3, -0.25) is 14.9 Å². The van der Waals surface area contributed by atoms with Crippen LogP contribution in [0.25, 0.3) is 0 Å². The number of nitrogens with zero attached hydrogens (tertiary/aromatic N) is 2. The van der Waals surface area contributed by atoms with Gasteiger partial charge in [-0.1, -0.05) is 18.2 Å². The van der Waals surface area contributed by atoms with Crippen LogP contribution in [0.2, 0.25) is 0 Å². The van der Waals surface area contributed by atoms with Crippen LogP contribution in [0.4, 0.5) is 17.1 Å². The number of esters is 1. The maximum absolute atomic E-state index is 12.5. The van der Waals surface area contributed by atoms with Crippen LogP contribution in [0.1, 0.15) is 22.8 Å². The van der Waals surface area contributed by atoms with Gasteiger partial charge in [-0.05, 0) is 37.1 Å². The normalized spacial score (nSPS) is 15.4. The van der Waals surface area contributed by atoms with Crippen LogP contribution in [0.3, 0.4) is 0 Å². The first-order valence-electron chi connectivity index (χ1n) is 7.99. The van der Waals surface area contributed by atoms with Crippen molar-refractivity contribution in [3.05, 3.63) is 63.7 Å². The molecule has 0 radical (unpaired) electrons. The smallest absolute Gasteiger partial charge is 0.338 e. The van der Waals surface area contributed by atoms with E-state index >= 15 is 0 Å². The van der Waals surface area contributed by atoms with Gasteiger partial charge >= 0.3 is 5.97 Å². The average molecular weight is 355 g/mol. The number of hydrogen-bond donors (Lipinski definition) is 1. The molecule has 8 heteroatoms. The summed E-state index contributed by atoms with van der Waals surface area (Å²) in [6.45, 7) is 1.47. The summed E-state index contributed by atoms with van der Waals surface area (Å²) >= 11 is 0. The molecule has 134 valence electrons. The first-order valence-corrected chi connectivity index (χ1v) is 7.99. The fourth-order valence-corrected chi connectivity index (χ4v) is 3.05. The average Bonchev–Trinajstić information content (AvgIpc) is 2.95. The predicted molar refractivity (Wildman–Crippen MR) is 94.9 cm³/mol. The SMILES string of the molecule is CC1Cc2ccccc2N1C(=O)COC(=O)c1ccc(N)c([N+](=O)[O-])c1.